The standard InChI is InChI=1S/C14H20O3/c1-16-12-8-5-9-13(14(12)15)17-10-11-6-3-2-4-7-11/h2-4,6-7,12-15H,5,8-10H2,1H3/t12-,13-,14?/m1/s1. The molecule has 1 aromatic carbocycles. The van der Waals surface area contributed by atoms with Gasteiger partial charge in [0.15, 0.2) is 0 Å². The number of benzene rings is 1. The van der Waals surface area contributed by atoms with Crippen molar-refractivity contribution in [1.82, 2.24) is 0 Å². The summed E-state index contributed by atoms with van der Waals surface area (Å²) in [5, 5.41) is 10.1. The first-order chi connectivity index (χ1) is 8.31. The van der Waals surface area contributed by atoms with Gasteiger partial charge in [-0.05, 0) is 24.8 Å². The molecule has 94 valence electrons. The van der Waals surface area contributed by atoms with E-state index in [1.807, 2.05) is 30.3 Å². The highest BCUT2D eigenvalue weighted by molar-refractivity contribution is 5.13. The van der Waals surface area contributed by atoms with Gasteiger partial charge >= 0.3 is 0 Å². The lowest BCUT2D eigenvalue weighted by Gasteiger charge is -2.33. The average molecular weight is 236 g/mol. The van der Waals surface area contributed by atoms with E-state index in [0.717, 1.165) is 24.8 Å². The van der Waals surface area contributed by atoms with Crippen molar-refractivity contribution in [3.63, 3.8) is 0 Å². The molecule has 0 amide bonds. The second kappa shape index (κ2) is 6.15. The van der Waals surface area contributed by atoms with Crippen LogP contribution in [0.25, 0.3) is 0 Å². The molecule has 1 saturated carbocycles. The number of methoxy groups -OCH3 is 1. The predicted octanol–water partition coefficient (Wildman–Crippen LogP) is 2.13. The number of aliphatic hydroxyl groups is 1. The average Bonchev–Trinajstić information content (AvgIpc) is 2.39. The molecule has 0 saturated heterocycles. The number of ether oxygens (including phenoxy) is 2. The Morgan fingerprint density at radius 2 is 1.88 bits per heavy atom. The zero-order valence-corrected chi connectivity index (χ0v) is 10.2. The van der Waals surface area contributed by atoms with Crippen LogP contribution >= 0.6 is 0 Å². The van der Waals surface area contributed by atoms with Gasteiger partial charge in [0, 0.05) is 7.11 Å². The molecular weight excluding hydrogens is 216 g/mol. The van der Waals surface area contributed by atoms with Gasteiger partial charge < -0.3 is 14.6 Å². The van der Waals surface area contributed by atoms with E-state index in [0.29, 0.717) is 6.61 Å². The van der Waals surface area contributed by atoms with Crippen LogP contribution in [0.1, 0.15) is 24.8 Å². The first-order valence-electron chi connectivity index (χ1n) is 6.17. The molecule has 1 aliphatic carbocycles. The van der Waals surface area contributed by atoms with E-state index in [1.165, 1.54) is 0 Å². The molecule has 0 radical (unpaired) electrons. The van der Waals surface area contributed by atoms with Crippen molar-refractivity contribution < 1.29 is 14.6 Å². The van der Waals surface area contributed by atoms with Gasteiger partial charge in [-0.2, -0.15) is 0 Å². The Balaban J connectivity index is 1.86. The minimum Gasteiger partial charge on any atom is -0.388 e. The topological polar surface area (TPSA) is 38.7 Å². The van der Waals surface area contributed by atoms with Gasteiger partial charge in [-0.1, -0.05) is 30.3 Å². The summed E-state index contributed by atoms with van der Waals surface area (Å²) < 4.78 is 11.0. The quantitative estimate of drug-likeness (QED) is 0.870. The van der Waals surface area contributed by atoms with Gasteiger partial charge in [0.1, 0.15) is 6.10 Å². The molecule has 1 fully saturated rings. The van der Waals surface area contributed by atoms with Gasteiger partial charge in [-0.15, -0.1) is 0 Å². The molecule has 0 heterocycles. The van der Waals surface area contributed by atoms with Crippen LogP contribution in [0.3, 0.4) is 0 Å². The second-order valence-corrected chi connectivity index (χ2v) is 4.53. The lowest BCUT2D eigenvalue weighted by atomic mass is 9.92. The third-order valence-corrected chi connectivity index (χ3v) is 3.35. The summed E-state index contributed by atoms with van der Waals surface area (Å²) in [6.45, 7) is 0.555. The molecule has 3 atom stereocenters. The normalized spacial score (nSPS) is 29.2. The van der Waals surface area contributed by atoms with E-state index in [4.69, 9.17) is 9.47 Å². The lowest BCUT2D eigenvalue weighted by Crippen LogP contribution is -2.43. The Labute approximate surface area is 102 Å². The van der Waals surface area contributed by atoms with Crippen LogP contribution in [0.4, 0.5) is 0 Å². The van der Waals surface area contributed by atoms with E-state index >= 15 is 0 Å². The van der Waals surface area contributed by atoms with Crippen LogP contribution in [-0.2, 0) is 16.1 Å². The minimum atomic E-state index is -0.502. The van der Waals surface area contributed by atoms with E-state index < -0.39 is 6.10 Å². The van der Waals surface area contributed by atoms with Crippen molar-refractivity contribution >= 4 is 0 Å². The van der Waals surface area contributed by atoms with Gasteiger partial charge in [-0.3, -0.25) is 0 Å². The van der Waals surface area contributed by atoms with E-state index in [-0.39, 0.29) is 12.2 Å². The molecule has 0 aliphatic heterocycles. The first-order valence-corrected chi connectivity index (χ1v) is 6.17. The monoisotopic (exact) mass is 236 g/mol. The molecule has 1 aromatic rings. The third-order valence-electron chi connectivity index (χ3n) is 3.35. The lowest BCUT2D eigenvalue weighted by molar-refractivity contribution is -0.128. The summed E-state index contributed by atoms with van der Waals surface area (Å²) in [5.41, 5.74) is 1.14. The Morgan fingerprint density at radius 1 is 1.18 bits per heavy atom. The summed E-state index contributed by atoms with van der Waals surface area (Å²) in [6.07, 6.45) is 2.20. The molecular formula is C14H20O3. The fourth-order valence-corrected chi connectivity index (χ4v) is 2.32. The molecule has 1 aliphatic rings. The maximum Gasteiger partial charge on any atom is 0.106 e. The van der Waals surface area contributed by atoms with Crippen LogP contribution < -0.4 is 0 Å². The van der Waals surface area contributed by atoms with Gasteiger partial charge in [-0.25, -0.2) is 0 Å². The maximum absolute atomic E-state index is 10.1. The Kier molecular flexibility index (Phi) is 4.54. The number of aliphatic hydroxyl groups excluding tert-OH is 1. The zero-order chi connectivity index (χ0) is 12.1. The largest absolute Gasteiger partial charge is 0.388 e. The molecule has 0 aromatic heterocycles. The van der Waals surface area contributed by atoms with Crippen molar-refractivity contribution in [3.05, 3.63) is 35.9 Å². The van der Waals surface area contributed by atoms with Gasteiger partial charge in [0.25, 0.3) is 0 Å². The smallest absolute Gasteiger partial charge is 0.106 e. The van der Waals surface area contributed by atoms with Crippen LogP contribution in [0.2, 0.25) is 0 Å². The summed E-state index contributed by atoms with van der Waals surface area (Å²) in [5.74, 6) is 0. The number of hydrogen-bond donors (Lipinski definition) is 1. The van der Waals surface area contributed by atoms with Crippen LogP contribution in [0.15, 0.2) is 30.3 Å². The van der Waals surface area contributed by atoms with E-state index in [2.05, 4.69) is 0 Å². The summed E-state index contributed by atoms with van der Waals surface area (Å²) in [6, 6.07) is 10.0. The van der Waals surface area contributed by atoms with Crippen LogP contribution in [0, 0.1) is 0 Å². The van der Waals surface area contributed by atoms with E-state index in [1.54, 1.807) is 7.11 Å². The minimum absolute atomic E-state index is 0.0791. The predicted molar refractivity (Wildman–Crippen MR) is 65.7 cm³/mol. The molecule has 2 rings (SSSR count). The van der Waals surface area contributed by atoms with Gasteiger partial charge in [0.2, 0.25) is 0 Å². The Morgan fingerprint density at radius 3 is 2.59 bits per heavy atom. The molecule has 3 nitrogen and oxygen atoms in total. The summed E-state index contributed by atoms with van der Waals surface area (Å²) >= 11 is 0. The molecule has 17 heavy (non-hydrogen) atoms. The molecule has 0 bridgehead atoms. The Hall–Kier alpha value is -0.900. The number of rotatable bonds is 4. The summed E-state index contributed by atoms with van der Waals surface area (Å²) in [4.78, 5) is 0. The van der Waals surface area contributed by atoms with Crippen molar-refractivity contribution in [2.24, 2.45) is 0 Å². The van der Waals surface area contributed by atoms with Crippen molar-refractivity contribution in [1.29, 1.82) is 0 Å². The highest BCUT2D eigenvalue weighted by Gasteiger charge is 2.32. The first kappa shape index (κ1) is 12.6. The molecule has 3 heteroatoms. The fraction of sp³-hybridized carbons (Fsp3) is 0.571. The highest BCUT2D eigenvalue weighted by atomic mass is 16.5. The fourth-order valence-electron chi connectivity index (χ4n) is 2.32. The maximum atomic E-state index is 10.1. The second-order valence-electron chi connectivity index (χ2n) is 4.53. The SMILES string of the molecule is CO[C@@H]1CCC[C@@H](OCc2ccccc2)C1O. The van der Waals surface area contributed by atoms with Crippen LogP contribution in [0.5, 0.6) is 0 Å². The van der Waals surface area contributed by atoms with E-state index in [9.17, 15) is 5.11 Å². The molecule has 0 spiro atoms. The zero-order valence-electron chi connectivity index (χ0n) is 10.2. The van der Waals surface area contributed by atoms with Crippen molar-refractivity contribution in [2.45, 2.75) is 44.2 Å². The van der Waals surface area contributed by atoms with Crippen LogP contribution in [-0.4, -0.2) is 30.5 Å². The van der Waals surface area contributed by atoms with Crippen molar-refractivity contribution in [3.8, 4) is 0 Å². The molecule has 1 N–H and O–H groups in total. The van der Waals surface area contributed by atoms with Crippen molar-refractivity contribution in [2.75, 3.05) is 7.11 Å². The Bertz CT molecular complexity index is 325. The highest BCUT2D eigenvalue weighted by Crippen LogP contribution is 2.24. The van der Waals surface area contributed by atoms with Gasteiger partial charge in [0.05, 0.1) is 18.8 Å². The number of hydrogen-bond acceptors (Lipinski definition) is 3. The third kappa shape index (κ3) is 3.28. The molecule has 1 unspecified atom stereocenters. The summed E-state index contributed by atoms with van der Waals surface area (Å²) in [7, 11) is 1.65.